The minimum atomic E-state index is -0.484. The van der Waals surface area contributed by atoms with Crippen LogP contribution in [0.5, 0.6) is 0 Å². The molecule has 0 amide bonds. The summed E-state index contributed by atoms with van der Waals surface area (Å²) in [7, 11) is 0. The van der Waals surface area contributed by atoms with Gasteiger partial charge in [0.25, 0.3) is 0 Å². The number of aromatic nitrogens is 2. The monoisotopic (exact) mass is 872 g/mol. The Morgan fingerprint density at radius 3 is 1.41 bits per heavy atom. The van der Waals surface area contributed by atoms with Crippen molar-refractivity contribution in [1.82, 2.24) is 9.13 Å². The summed E-state index contributed by atoms with van der Waals surface area (Å²) >= 11 is 0. The van der Waals surface area contributed by atoms with Crippen molar-refractivity contribution in [3.63, 3.8) is 0 Å². The molecule has 0 unspecified atom stereocenters. The first-order valence-corrected chi connectivity index (χ1v) is 24.1. The molecular weight excluding hydrogens is 833 g/mol. The third-order valence-corrected chi connectivity index (χ3v) is 15.8. The molecule has 0 bridgehead atoms. The van der Waals surface area contributed by atoms with Gasteiger partial charge in [0.2, 0.25) is 0 Å². The molecule has 69 heavy (non-hydrogen) atoms. The second-order valence-electron chi connectivity index (χ2n) is 19.1. The summed E-state index contributed by atoms with van der Waals surface area (Å²) in [5.41, 5.74) is 17.1. The number of benzene rings is 11. The quantitative estimate of drug-likeness (QED) is 0.157. The van der Waals surface area contributed by atoms with Crippen LogP contribution in [-0.2, 0) is 5.41 Å². The molecular formula is C67H40N2. The lowest BCUT2D eigenvalue weighted by molar-refractivity contribution is 0.857. The van der Waals surface area contributed by atoms with Gasteiger partial charge in [-0.05, 0) is 155 Å². The van der Waals surface area contributed by atoms with Gasteiger partial charge < -0.3 is 9.13 Å². The van der Waals surface area contributed by atoms with Gasteiger partial charge in [-0.15, -0.1) is 0 Å². The van der Waals surface area contributed by atoms with Crippen molar-refractivity contribution in [3.8, 4) is 27.9 Å². The molecule has 0 N–H and O–H groups in total. The van der Waals surface area contributed by atoms with Crippen LogP contribution in [0.15, 0.2) is 242 Å². The summed E-state index contributed by atoms with van der Waals surface area (Å²) in [6, 6.07) is 83.8. The highest BCUT2D eigenvalue weighted by Gasteiger charge is 2.48. The Balaban J connectivity index is 0.969. The molecule has 1 spiro atoms. The van der Waals surface area contributed by atoms with Gasteiger partial charge in [-0.2, -0.15) is 0 Å². The SMILES string of the molecule is C1=CC2(C3=c4cc5c6ccccc6c6ccccc6c5cc4=CC3=C1n1c3ccccc3c3cc(-c4ccc5c(c4)c4ccccc4n5-c4ccccc4)ccc31)c1ccccc1-c1ccccc12. The van der Waals surface area contributed by atoms with Gasteiger partial charge in [-0.3, -0.25) is 0 Å². The fraction of sp³-hybridized carbons (Fsp3) is 0.0149. The molecule has 0 saturated heterocycles. The number of nitrogens with zero attached hydrogens (tertiary/aromatic N) is 2. The fourth-order valence-electron chi connectivity index (χ4n) is 13.0. The van der Waals surface area contributed by atoms with Crippen LogP contribution >= 0.6 is 0 Å². The van der Waals surface area contributed by atoms with Crippen LogP contribution in [-0.4, -0.2) is 9.13 Å². The number of allylic oxidation sites excluding steroid dienone is 4. The van der Waals surface area contributed by atoms with Gasteiger partial charge in [-0.25, -0.2) is 0 Å². The average Bonchev–Trinajstić information content (AvgIpc) is 4.14. The van der Waals surface area contributed by atoms with Crippen molar-refractivity contribution >= 4 is 93.3 Å². The van der Waals surface area contributed by atoms with Gasteiger partial charge in [-0.1, -0.05) is 170 Å². The van der Waals surface area contributed by atoms with E-state index in [4.69, 9.17) is 0 Å². The molecule has 11 aromatic carbocycles. The van der Waals surface area contributed by atoms with Crippen LogP contribution in [0.1, 0.15) is 11.1 Å². The summed E-state index contributed by atoms with van der Waals surface area (Å²) in [5.74, 6) is 0. The topological polar surface area (TPSA) is 9.86 Å². The Kier molecular flexibility index (Phi) is 7.30. The molecule has 2 nitrogen and oxygen atoms in total. The lowest BCUT2D eigenvalue weighted by atomic mass is 9.67. The third-order valence-electron chi connectivity index (χ3n) is 15.8. The van der Waals surface area contributed by atoms with E-state index in [1.165, 1.54) is 142 Å². The predicted molar refractivity (Wildman–Crippen MR) is 290 cm³/mol. The Hall–Kier alpha value is -8.98. The first-order chi connectivity index (χ1) is 34.2. The van der Waals surface area contributed by atoms with Crippen molar-refractivity contribution in [2.45, 2.75) is 5.41 Å². The summed E-state index contributed by atoms with van der Waals surface area (Å²) in [6.45, 7) is 0. The molecule has 3 aliphatic rings. The van der Waals surface area contributed by atoms with E-state index in [-0.39, 0.29) is 0 Å². The van der Waals surface area contributed by atoms with E-state index in [0.717, 1.165) is 0 Å². The number of rotatable bonds is 3. The molecule has 16 rings (SSSR count). The van der Waals surface area contributed by atoms with Crippen LogP contribution < -0.4 is 10.4 Å². The summed E-state index contributed by atoms with van der Waals surface area (Å²) in [6.07, 6.45) is 7.49. The Bertz CT molecular complexity index is 4600. The second kappa shape index (κ2) is 13.6. The van der Waals surface area contributed by atoms with Crippen molar-refractivity contribution in [1.29, 1.82) is 0 Å². The maximum absolute atomic E-state index is 2.55. The first kappa shape index (κ1) is 37.1. The summed E-state index contributed by atoms with van der Waals surface area (Å²) in [5, 5.41) is 15.3. The molecule has 0 radical (unpaired) electrons. The minimum Gasteiger partial charge on any atom is -0.309 e. The Morgan fingerprint density at radius 1 is 0.333 bits per heavy atom. The average molecular weight is 873 g/mol. The zero-order chi connectivity index (χ0) is 45.0. The van der Waals surface area contributed by atoms with Crippen LogP contribution in [0.4, 0.5) is 0 Å². The zero-order valence-electron chi connectivity index (χ0n) is 37.5. The fourth-order valence-corrected chi connectivity index (χ4v) is 13.0. The highest BCUT2D eigenvalue weighted by Crippen LogP contribution is 2.58. The molecule has 318 valence electrons. The van der Waals surface area contributed by atoms with E-state index in [1.54, 1.807) is 0 Å². The Morgan fingerprint density at radius 2 is 0.797 bits per heavy atom. The molecule has 0 saturated carbocycles. The predicted octanol–water partition coefficient (Wildman–Crippen LogP) is 15.4. The van der Waals surface area contributed by atoms with E-state index in [0.29, 0.717) is 0 Å². The molecule has 3 aliphatic carbocycles. The zero-order valence-corrected chi connectivity index (χ0v) is 37.5. The van der Waals surface area contributed by atoms with Crippen molar-refractivity contribution in [2.24, 2.45) is 0 Å². The van der Waals surface area contributed by atoms with Crippen LogP contribution in [0.25, 0.3) is 121 Å². The lowest BCUT2D eigenvalue weighted by Crippen LogP contribution is -2.34. The van der Waals surface area contributed by atoms with E-state index < -0.39 is 5.41 Å². The largest absolute Gasteiger partial charge is 0.309 e. The van der Waals surface area contributed by atoms with E-state index in [2.05, 4.69) is 252 Å². The maximum Gasteiger partial charge on any atom is 0.0660 e. The highest BCUT2D eigenvalue weighted by atomic mass is 15.0. The molecule has 0 atom stereocenters. The molecule has 13 aromatic rings. The Labute approximate surface area is 397 Å². The smallest absolute Gasteiger partial charge is 0.0660 e. The highest BCUT2D eigenvalue weighted by molar-refractivity contribution is 6.26. The molecule has 2 heteroatoms. The number of hydrogen-bond acceptors (Lipinski definition) is 0. The van der Waals surface area contributed by atoms with Gasteiger partial charge in [0.15, 0.2) is 0 Å². The molecule has 2 heterocycles. The van der Waals surface area contributed by atoms with Crippen LogP contribution in [0.3, 0.4) is 0 Å². The van der Waals surface area contributed by atoms with Gasteiger partial charge in [0, 0.05) is 32.8 Å². The number of fused-ring (bicyclic) bond motifs is 20. The van der Waals surface area contributed by atoms with Crippen molar-refractivity contribution < 1.29 is 0 Å². The summed E-state index contributed by atoms with van der Waals surface area (Å²) in [4.78, 5) is 0. The van der Waals surface area contributed by atoms with Crippen molar-refractivity contribution in [3.05, 3.63) is 264 Å². The summed E-state index contributed by atoms with van der Waals surface area (Å²) < 4.78 is 4.94. The number of hydrogen-bond donors (Lipinski definition) is 0. The second-order valence-corrected chi connectivity index (χ2v) is 19.1. The first-order valence-electron chi connectivity index (χ1n) is 24.1. The van der Waals surface area contributed by atoms with Gasteiger partial charge in [0.05, 0.1) is 33.2 Å². The molecule has 2 aromatic heterocycles. The molecule has 0 fully saturated rings. The standard InChI is InChI=1S/C67H40N2/c1-2-16-44(17-3-1)68-61-28-14-10-24-51(61)56-36-41(30-32-63(56)68)42-31-33-64-57(37-42)52-25-11-15-29-62(52)69(64)65-34-35-67(59-26-12-8-22-49(59)50-23-9-13-27-60(50)67)66-53-40-55-48-21-7-5-19-46(48)45-18-4-6-20-47(45)54(55)38-43(53)39-58(65)66/h1-40H. The lowest BCUT2D eigenvalue weighted by Gasteiger charge is -2.36. The van der Waals surface area contributed by atoms with Crippen LogP contribution in [0, 0.1) is 0 Å². The van der Waals surface area contributed by atoms with Crippen LogP contribution in [0.2, 0.25) is 0 Å². The van der Waals surface area contributed by atoms with Gasteiger partial charge in [0.1, 0.15) is 0 Å². The maximum atomic E-state index is 2.55. The van der Waals surface area contributed by atoms with E-state index >= 15 is 0 Å². The normalized spacial score (nSPS) is 14.5. The van der Waals surface area contributed by atoms with E-state index in [9.17, 15) is 0 Å². The molecule has 0 aliphatic heterocycles. The third kappa shape index (κ3) is 4.84. The van der Waals surface area contributed by atoms with Crippen molar-refractivity contribution in [2.75, 3.05) is 0 Å². The van der Waals surface area contributed by atoms with Gasteiger partial charge >= 0.3 is 0 Å². The number of para-hydroxylation sites is 3. The minimum absolute atomic E-state index is 0.484. The van der Waals surface area contributed by atoms with E-state index in [1.807, 2.05) is 0 Å².